The van der Waals surface area contributed by atoms with E-state index in [4.69, 9.17) is 5.73 Å². The van der Waals surface area contributed by atoms with Crippen molar-refractivity contribution < 1.29 is 13.2 Å². The maximum Gasteiger partial charge on any atom is 0.194 e. The molecule has 0 atom stereocenters. The number of hydrogen-bond acceptors (Lipinski definition) is 2. The summed E-state index contributed by atoms with van der Waals surface area (Å²) in [6.07, 6.45) is 4.22. The molecule has 2 aromatic rings. The first kappa shape index (κ1) is 12.7. The first-order chi connectivity index (χ1) is 10.1. The van der Waals surface area contributed by atoms with Crippen LogP contribution in [-0.4, -0.2) is 9.55 Å². The maximum absolute atomic E-state index is 13.4. The molecule has 110 valence electrons. The lowest BCUT2D eigenvalue weighted by Crippen LogP contribution is -2.04. The molecule has 21 heavy (non-hydrogen) atoms. The zero-order chi connectivity index (χ0) is 14.7. The lowest BCUT2D eigenvalue weighted by atomic mass is 10.1. The van der Waals surface area contributed by atoms with Gasteiger partial charge in [-0.05, 0) is 37.8 Å². The molecule has 0 unspecified atom stereocenters. The van der Waals surface area contributed by atoms with Gasteiger partial charge in [0.15, 0.2) is 17.5 Å². The Labute approximate surface area is 119 Å². The predicted molar refractivity (Wildman–Crippen MR) is 72.2 cm³/mol. The van der Waals surface area contributed by atoms with Gasteiger partial charge < -0.3 is 10.3 Å². The van der Waals surface area contributed by atoms with E-state index >= 15 is 0 Å². The van der Waals surface area contributed by atoms with E-state index in [1.165, 1.54) is 0 Å². The lowest BCUT2D eigenvalue weighted by Gasteiger charge is -2.07. The zero-order valence-electron chi connectivity index (χ0n) is 11.2. The number of rotatable bonds is 3. The monoisotopic (exact) mass is 293 g/mol. The molecule has 0 spiro atoms. The Balaban J connectivity index is 1.87. The van der Waals surface area contributed by atoms with Gasteiger partial charge in [0.1, 0.15) is 17.3 Å². The Kier molecular flexibility index (Phi) is 2.58. The van der Waals surface area contributed by atoms with Crippen LogP contribution in [0.1, 0.15) is 43.5 Å². The van der Waals surface area contributed by atoms with Gasteiger partial charge in [0.25, 0.3) is 0 Å². The van der Waals surface area contributed by atoms with E-state index in [9.17, 15) is 13.2 Å². The van der Waals surface area contributed by atoms with Crippen molar-refractivity contribution in [2.45, 2.75) is 37.6 Å². The molecule has 2 aliphatic rings. The quantitative estimate of drug-likeness (QED) is 0.876. The molecule has 6 heteroatoms. The van der Waals surface area contributed by atoms with E-state index in [0.29, 0.717) is 23.5 Å². The highest BCUT2D eigenvalue weighted by Crippen LogP contribution is 2.48. The van der Waals surface area contributed by atoms with Gasteiger partial charge >= 0.3 is 0 Å². The van der Waals surface area contributed by atoms with Crippen molar-refractivity contribution in [1.29, 1.82) is 0 Å². The minimum Gasteiger partial charge on any atom is -0.383 e. The smallest absolute Gasteiger partial charge is 0.194 e. The Morgan fingerprint density at radius 3 is 2.19 bits per heavy atom. The molecule has 0 saturated heterocycles. The summed E-state index contributed by atoms with van der Waals surface area (Å²) in [7, 11) is 0. The zero-order valence-corrected chi connectivity index (χ0v) is 11.2. The van der Waals surface area contributed by atoms with Crippen LogP contribution < -0.4 is 5.73 Å². The van der Waals surface area contributed by atoms with Gasteiger partial charge in [0.2, 0.25) is 0 Å². The molecule has 0 aliphatic heterocycles. The number of benzene rings is 1. The molecule has 4 rings (SSSR count). The number of halogens is 3. The first-order valence-corrected chi connectivity index (χ1v) is 7.08. The summed E-state index contributed by atoms with van der Waals surface area (Å²) >= 11 is 0. The van der Waals surface area contributed by atoms with E-state index in [2.05, 4.69) is 4.98 Å². The highest BCUT2D eigenvalue weighted by atomic mass is 19.2. The molecule has 2 fully saturated rings. The Hall–Kier alpha value is -1.98. The van der Waals surface area contributed by atoms with Gasteiger partial charge in [-0.2, -0.15) is 0 Å². The van der Waals surface area contributed by atoms with Crippen LogP contribution in [0.5, 0.6) is 0 Å². The van der Waals surface area contributed by atoms with Gasteiger partial charge in [-0.25, -0.2) is 18.2 Å². The van der Waals surface area contributed by atoms with E-state index in [0.717, 1.165) is 43.6 Å². The lowest BCUT2D eigenvalue weighted by molar-refractivity contribution is 0.447. The van der Waals surface area contributed by atoms with E-state index in [1.54, 1.807) is 0 Å². The fourth-order valence-corrected chi connectivity index (χ4v) is 2.71. The molecule has 0 bridgehead atoms. The van der Waals surface area contributed by atoms with Crippen LogP contribution >= 0.6 is 0 Å². The largest absolute Gasteiger partial charge is 0.383 e. The van der Waals surface area contributed by atoms with Crippen molar-refractivity contribution in [1.82, 2.24) is 9.55 Å². The topological polar surface area (TPSA) is 43.8 Å². The van der Waals surface area contributed by atoms with Crippen molar-refractivity contribution in [3.05, 3.63) is 35.4 Å². The second kappa shape index (κ2) is 4.26. The molecule has 2 saturated carbocycles. The van der Waals surface area contributed by atoms with Crippen LogP contribution in [0.2, 0.25) is 0 Å². The number of nitrogens with two attached hydrogens (primary N) is 1. The Morgan fingerprint density at radius 2 is 1.67 bits per heavy atom. The molecular weight excluding hydrogens is 279 g/mol. The minimum absolute atomic E-state index is 0.185. The average Bonchev–Trinajstić information content (AvgIpc) is 3.33. The summed E-state index contributed by atoms with van der Waals surface area (Å²) in [6.45, 7) is 0. The number of imidazole rings is 1. The molecular formula is C15H14F3N3. The number of hydrogen-bond donors (Lipinski definition) is 1. The molecule has 2 N–H and O–H groups in total. The fourth-order valence-electron chi connectivity index (χ4n) is 2.71. The van der Waals surface area contributed by atoms with Crippen LogP contribution in [0.15, 0.2) is 12.1 Å². The van der Waals surface area contributed by atoms with Gasteiger partial charge in [-0.15, -0.1) is 0 Å². The predicted octanol–water partition coefficient (Wildman–Crippen LogP) is 3.76. The number of anilines is 1. The summed E-state index contributed by atoms with van der Waals surface area (Å²) in [5.41, 5.74) is 6.68. The summed E-state index contributed by atoms with van der Waals surface area (Å²) in [5.74, 6) is -2.21. The summed E-state index contributed by atoms with van der Waals surface area (Å²) in [4.78, 5) is 4.50. The Bertz CT molecular complexity index is 707. The van der Waals surface area contributed by atoms with Crippen LogP contribution in [-0.2, 0) is 0 Å². The molecule has 0 amide bonds. The third-order valence-electron chi connectivity index (χ3n) is 4.09. The van der Waals surface area contributed by atoms with Crippen molar-refractivity contribution in [3.63, 3.8) is 0 Å². The van der Waals surface area contributed by atoms with E-state index in [-0.39, 0.29) is 5.56 Å². The second-order valence-corrected chi connectivity index (χ2v) is 5.83. The minimum atomic E-state index is -1.47. The van der Waals surface area contributed by atoms with E-state index < -0.39 is 17.5 Å². The molecule has 2 aliphatic carbocycles. The number of nitrogen functional groups attached to an aromatic ring is 1. The molecule has 3 nitrogen and oxygen atoms in total. The Morgan fingerprint density at radius 1 is 1.05 bits per heavy atom. The normalized spacial score (nSPS) is 18.2. The first-order valence-electron chi connectivity index (χ1n) is 7.08. The van der Waals surface area contributed by atoms with Gasteiger partial charge in [0, 0.05) is 17.5 Å². The highest BCUT2D eigenvalue weighted by molar-refractivity contribution is 5.71. The van der Waals surface area contributed by atoms with Crippen LogP contribution in [0.4, 0.5) is 19.0 Å². The third-order valence-corrected chi connectivity index (χ3v) is 4.09. The average molecular weight is 293 g/mol. The second-order valence-electron chi connectivity index (χ2n) is 5.83. The molecule has 1 aromatic heterocycles. The van der Waals surface area contributed by atoms with Gasteiger partial charge in [-0.1, -0.05) is 0 Å². The van der Waals surface area contributed by atoms with Crippen LogP contribution in [0.25, 0.3) is 11.3 Å². The summed E-state index contributed by atoms with van der Waals surface area (Å²) in [6, 6.07) is 2.24. The van der Waals surface area contributed by atoms with E-state index in [1.807, 2.05) is 4.57 Å². The van der Waals surface area contributed by atoms with Crippen molar-refractivity contribution >= 4 is 5.82 Å². The molecule has 0 radical (unpaired) electrons. The van der Waals surface area contributed by atoms with Crippen molar-refractivity contribution in [3.8, 4) is 11.3 Å². The summed E-state index contributed by atoms with van der Waals surface area (Å²) in [5, 5.41) is 0. The highest BCUT2D eigenvalue weighted by Gasteiger charge is 2.36. The number of nitrogens with zero attached hydrogens (tertiary/aromatic N) is 2. The van der Waals surface area contributed by atoms with Gasteiger partial charge in [0.05, 0.1) is 0 Å². The standard InChI is InChI=1S/C15H14F3N3/c16-10-5-8(6-11(17)12(10)18)13-14(19)21(9-3-4-9)15(20-13)7-1-2-7/h5-7,9H,1-4,19H2. The molecule has 1 aromatic carbocycles. The SMILES string of the molecule is Nc1c(-c2cc(F)c(F)c(F)c2)nc(C2CC2)n1C1CC1. The number of aromatic nitrogens is 2. The van der Waals surface area contributed by atoms with Crippen LogP contribution in [0, 0.1) is 17.5 Å². The van der Waals surface area contributed by atoms with Gasteiger partial charge in [-0.3, -0.25) is 0 Å². The van der Waals surface area contributed by atoms with Crippen molar-refractivity contribution in [2.75, 3.05) is 5.73 Å². The molecule has 1 heterocycles. The third kappa shape index (κ3) is 2.01. The van der Waals surface area contributed by atoms with Crippen LogP contribution in [0.3, 0.4) is 0 Å². The maximum atomic E-state index is 13.4. The summed E-state index contributed by atoms with van der Waals surface area (Å²) < 4.78 is 41.9. The van der Waals surface area contributed by atoms with Crippen molar-refractivity contribution in [2.24, 2.45) is 0 Å². The fraction of sp³-hybridized carbons (Fsp3) is 0.400.